The maximum Gasteiger partial charge on any atom is 0.335 e. The van der Waals surface area contributed by atoms with E-state index >= 15 is 0 Å². The van der Waals surface area contributed by atoms with Crippen LogP contribution in [0.2, 0.25) is 0 Å². The van der Waals surface area contributed by atoms with Gasteiger partial charge in [-0.05, 0) is 52.1 Å². The SMILES string of the molecule is CCSCCCOc1cc(C(=O)O)ccc1Br. The molecule has 0 aromatic heterocycles. The van der Waals surface area contributed by atoms with Crippen molar-refractivity contribution in [3.63, 3.8) is 0 Å². The Morgan fingerprint density at radius 1 is 1.53 bits per heavy atom. The van der Waals surface area contributed by atoms with Crippen molar-refractivity contribution in [2.45, 2.75) is 13.3 Å². The minimum Gasteiger partial charge on any atom is -0.492 e. The van der Waals surface area contributed by atoms with Crippen LogP contribution < -0.4 is 4.74 Å². The molecule has 0 saturated carbocycles. The number of carbonyl (C=O) groups is 1. The molecule has 0 atom stereocenters. The highest BCUT2D eigenvalue weighted by Crippen LogP contribution is 2.26. The molecule has 0 fully saturated rings. The van der Waals surface area contributed by atoms with E-state index in [1.807, 2.05) is 11.8 Å². The van der Waals surface area contributed by atoms with E-state index in [9.17, 15) is 4.79 Å². The van der Waals surface area contributed by atoms with E-state index < -0.39 is 5.97 Å². The van der Waals surface area contributed by atoms with E-state index in [4.69, 9.17) is 9.84 Å². The van der Waals surface area contributed by atoms with Crippen LogP contribution in [-0.4, -0.2) is 29.2 Å². The first-order chi connectivity index (χ1) is 8.15. The van der Waals surface area contributed by atoms with E-state index in [1.54, 1.807) is 18.2 Å². The molecular formula is C12H15BrO3S. The molecule has 0 bridgehead atoms. The largest absolute Gasteiger partial charge is 0.492 e. The molecule has 0 radical (unpaired) electrons. The summed E-state index contributed by atoms with van der Waals surface area (Å²) in [6.07, 6.45) is 0.961. The smallest absolute Gasteiger partial charge is 0.335 e. The summed E-state index contributed by atoms with van der Waals surface area (Å²) in [5.41, 5.74) is 0.242. The summed E-state index contributed by atoms with van der Waals surface area (Å²) in [6, 6.07) is 4.78. The molecule has 1 N–H and O–H groups in total. The topological polar surface area (TPSA) is 46.5 Å². The summed E-state index contributed by atoms with van der Waals surface area (Å²) in [7, 11) is 0. The molecule has 0 unspecified atom stereocenters. The van der Waals surface area contributed by atoms with Gasteiger partial charge in [0.1, 0.15) is 5.75 Å². The first kappa shape index (κ1) is 14.4. The summed E-state index contributed by atoms with van der Waals surface area (Å²) < 4.78 is 6.33. The number of halogens is 1. The maximum absolute atomic E-state index is 10.8. The van der Waals surface area contributed by atoms with Crippen molar-refractivity contribution in [3.05, 3.63) is 28.2 Å². The van der Waals surface area contributed by atoms with Crippen molar-refractivity contribution in [3.8, 4) is 5.75 Å². The molecule has 0 amide bonds. The summed E-state index contributed by atoms with van der Waals surface area (Å²) in [6.45, 7) is 2.73. The fourth-order valence-corrected chi connectivity index (χ4v) is 2.21. The van der Waals surface area contributed by atoms with Gasteiger partial charge in [-0.1, -0.05) is 6.92 Å². The number of carboxylic acid groups (broad SMARTS) is 1. The lowest BCUT2D eigenvalue weighted by molar-refractivity contribution is 0.0696. The maximum atomic E-state index is 10.8. The highest BCUT2D eigenvalue weighted by atomic mass is 79.9. The van der Waals surface area contributed by atoms with Gasteiger partial charge in [-0.3, -0.25) is 0 Å². The molecule has 0 aliphatic carbocycles. The normalized spacial score (nSPS) is 10.2. The van der Waals surface area contributed by atoms with Crippen molar-refractivity contribution in [1.29, 1.82) is 0 Å². The Hall–Kier alpha value is -0.680. The van der Waals surface area contributed by atoms with Crippen LogP contribution in [0, 0.1) is 0 Å². The van der Waals surface area contributed by atoms with Crippen LogP contribution in [0.3, 0.4) is 0 Å². The molecule has 0 aliphatic rings. The average molecular weight is 319 g/mol. The Kier molecular flexibility index (Phi) is 6.44. The molecule has 0 heterocycles. The monoisotopic (exact) mass is 318 g/mol. The van der Waals surface area contributed by atoms with Gasteiger partial charge >= 0.3 is 5.97 Å². The third-order valence-electron chi connectivity index (χ3n) is 2.07. The first-order valence-corrected chi connectivity index (χ1v) is 7.33. The predicted octanol–water partition coefficient (Wildman–Crippen LogP) is 3.67. The molecule has 0 spiro atoms. The Morgan fingerprint density at radius 3 is 2.94 bits per heavy atom. The van der Waals surface area contributed by atoms with Crippen LogP contribution in [0.15, 0.2) is 22.7 Å². The summed E-state index contributed by atoms with van der Waals surface area (Å²) >= 11 is 5.21. The van der Waals surface area contributed by atoms with Gasteiger partial charge in [-0.25, -0.2) is 4.79 Å². The van der Waals surface area contributed by atoms with Crippen LogP contribution >= 0.6 is 27.7 Å². The fraction of sp³-hybridized carbons (Fsp3) is 0.417. The van der Waals surface area contributed by atoms with E-state index in [-0.39, 0.29) is 5.56 Å². The zero-order valence-electron chi connectivity index (χ0n) is 9.61. The average Bonchev–Trinajstić information content (AvgIpc) is 2.30. The van der Waals surface area contributed by atoms with Crippen LogP contribution in [0.25, 0.3) is 0 Å². The molecule has 94 valence electrons. The second-order valence-corrected chi connectivity index (χ2v) is 5.60. The van der Waals surface area contributed by atoms with E-state index in [1.165, 1.54) is 0 Å². The third-order valence-corrected chi connectivity index (χ3v) is 3.71. The summed E-state index contributed by atoms with van der Waals surface area (Å²) in [4.78, 5) is 10.8. The van der Waals surface area contributed by atoms with Gasteiger partial charge in [0.25, 0.3) is 0 Å². The number of hydrogen-bond donors (Lipinski definition) is 1. The number of ether oxygens (including phenoxy) is 1. The Balaban J connectivity index is 2.51. The second kappa shape index (κ2) is 7.61. The Morgan fingerprint density at radius 2 is 2.29 bits per heavy atom. The number of hydrogen-bond acceptors (Lipinski definition) is 3. The number of thioether (sulfide) groups is 1. The summed E-state index contributed by atoms with van der Waals surface area (Å²) in [5.74, 6) is 1.82. The van der Waals surface area contributed by atoms with Crippen molar-refractivity contribution in [2.24, 2.45) is 0 Å². The van der Waals surface area contributed by atoms with E-state index in [2.05, 4.69) is 22.9 Å². The second-order valence-electron chi connectivity index (χ2n) is 3.35. The summed E-state index contributed by atoms with van der Waals surface area (Å²) in [5, 5.41) is 8.87. The Labute approximate surface area is 114 Å². The molecule has 1 aromatic rings. The van der Waals surface area contributed by atoms with E-state index in [0.29, 0.717) is 12.4 Å². The Bertz CT molecular complexity index is 382. The van der Waals surface area contributed by atoms with Crippen molar-refractivity contribution in [2.75, 3.05) is 18.1 Å². The molecule has 3 nitrogen and oxygen atoms in total. The zero-order chi connectivity index (χ0) is 12.7. The molecule has 1 rings (SSSR count). The first-order valence-electron chi connectivity index (χ1n) is 5.38. The molecule has 17 heavy (non-hydrogen) atoms. The molecule has 1 aromatic carbocycles. The quantitative estimate of drug-likeness (QED) is 0.779. The number of carboxylic acids is 1. The lowest BCUT2D eigenvalue weighted by atomic mass is 10.2. The number of benzene rings is 1. The standard InChI is InChI=1S/C12H15BrO3S/c1-2-17-7-3-6-16-11-8-9(12(14)15)4-5-10(11)13/h4-5,8H,2-3,6-7H2,1H3,(H,14,15). The number of aromatic carboxylic acids is 1. The van der Waals surface area contributed by atoms with Gasteiger partial charge in [0.2, 0.25) is 0 Å². The van der Waals surface area contributed by atoms with Crippen molar-refractivity contribution < 1.29 is 14.6 Å². The predicted molar refractivity (Wildman–Crippen MR) is 74.2 cm³/mol. The van der Waals surface area contributed by atoms with Crippen LogP contribution in [0.1, 0.15) is 23.7 Å². The van der Waals surface area contributed by atoms with Gasteiger partial charge in [0, 0.05) is 0 Å². The molecule has 0 aliphatic heterocycles. The van der Waals surface area contributed by atoms with Gasteiger partial charge in [0.15, 0.2) is 0 Å². The molecular weight excluding hydrogens is 304 g/mol. The van der Waals surface area contributed by atoms with Crippen molar-refractivity contribution in [1.82, 2.24) is 0 Å². The van der Waals surface area contributed by atoms with E-state index in [0.717, 1.165) is 22.4 Å². The zero-order valence-corrected chi connectivity index (χ0v) is 12.0. The van der Waals surface area contributed by atoms with Gasteiger partial charge in [0.05, 0.1) is 16.6 Å². The van der Waals surface area contributed by atoms with Gasteiger partial charge < -0.3 is 9.84 Å². The van der Waals surface area contributed by atoms with Crippen LogP contribution in [0.5, 0.6) is 5.75 Å². The molecule has 5 heteroatoms. The van der Waals surface area contributed by atoms with Crippen LogP contribution in [-0.2, 0) is 0 Å². The molecule has 0 saturated heterocycles. The third kappa shape index (κ3) is 5.00. The van der Waals surface area contributed by atoms with Crippen LogP contribution in [0.4, 0.5) is 0 Å². The highest BCUT2D eigenvalue weighted by Gasteiger charge is 2.07. The minimum absolute atomic E-state index is 0.242. The fourth-order valence-electron chi connectivity index (χ4n) is 1.23. The highest BCUT2D eigenvalue weighted by molar-refractivity contribution is 9.10. The lowest BCUT2D eigenvalue weighted by Gasteiger charge is -2.08. The van der Waals surface area contributed by atoms with Gasteiger partial charge in [-0.2, -0.15) is 11.8 Å². The van der Waals surface area contributed by atoms with Crippen molar-refractivity contribution >= 4 is 33.7 Å². The minimum atomic E-state index is -0.941. The lowest BCUT2D eigenvalue weighted by Crippen LogP contribution is -2.02. The van der Waals surface area contributed by atoms with Gasteiger partial charge in [-0.15, -0.1) is 0 Å². The number of rotatable bonds is 7.